The summed E-state index contributed by atoms with van der Waals surface area (Å²) in [5.74, 6) is 0.0517. The number of amides is 2. The summed E-state index contributed by atoms with van der Waals surface area (Å²) in [6.07, 6.45) is 0. The van der Waals surface area contributed by atoms with Gasteiger partial charge in [-0.2, -0.15) is 0 Å². The Morgan fingerprint density at radius 1 is 1.15 bits per heavy atom. The first-order valence-corrected chi connectivity index (χ1v) is 11.8. The van der Waals surface area contributed by atoms with Gasteiger partial charge in [0.15, 0.2) is 4.87 Å². The Bertz CT molecular complexity index is 1270. The van der Waals surface area contributed by atoms with Crippen molar-refractivity contribution in [3.63, 3.8) is 0 Å². The van der Waals surface area contributed by atoms with E-state index in [4.69, 9.17) is 16.3 Å². The van der Waals surface area contributed by atoms with Crippen molar-refractivity contribution in [2.75, 3.05) is 24.3 Å². The van der Waals surface area contributed by atoms with Gasteiger partial charge in [0.25, 0.3) is 11.8 Å². The Kier molecular flexibility index (Phi) is 5.54. The largest absolute Gasteiger partial charge is 0.497 e. The molecule has 2 aliphatic rings. The Morgan fingerprint density at radius 3 is 2.73 bits per heavy atom. The number of benzene rings is 3. The van der Waals surface area contributed by atoms with Crippen LogP contribution in [-0.2, 0) is 16.2 Å². The molecular formula is C25H20ClFN2O3S. The average Bonchev–Trinajstić information content (AvgIpc) is 3.36. The van der Waals surface area contributed by atoms with Crippen molar-refractivity contribution >= 4 is 40.9 Å². The van der Waals surface area contributed by atoms with E-state index in [-0.39, 0.29) is 23.9 Å². The molecular weight excluding hydrogens is 463 g/mol. The van der Waals surface area contributed by atoms with Crippen LogP contribution >= 0.6 is 23.4 Å². The van der Waals surface area contributed by atoms with Crippen molar-refractivity contribution < 1.29 is 18.7 Å². The van der Waals surface area contributed by atoms with Gasteiger partial charge in [-0.15, -0.1) is 11.8 Å². The van der Waals surface area contributed by atoms with Gasteiger partial charge in [-0.05, 0) is 48.0 Å². The molecule has 5 rings (SSSR count). The van der Waals surface area contributed by atoms with Crippen LogP contribution in [0.25, 0.3) is 0 Å². The predicted octanol–water partition coefficient (Wildman–Crippen LogP) is 5.08. The van der Waals surface area contributed by atoms with E-state index in [1.807, 2.05) is 30.3 Å². The topological polar surface area (TPSA) is 49.9 Å². The van der Waals surface area contributed by atoms with Crippen LogP contribution in [0.3, 0.4) is 0 Å². The van der Waals surface area contributed by atoms with Crippen LogP contribution in [0, 0.1) is 5.82 Å². The monoisotopic (exact) mass is 482 g/mol. The summed E-state index contributed by atoms with van der Waals surface area (Å²) in [4.78, 5) is 29.5. The summed E-state index contributed by atoms with van der Waals surface area (Å²) in [5, 5.41) is 0.563. The molecule has 0 unspecified atom stereocenters. The van der Waals surface area contributed by atoms with Gasteiger partial charge in [0.2, 0.25) is 0 Å². The maximum Gasteiger partial charge on any atom is 0.268 e. The molecule has 33 heavy (non-hydrogen) atoms. The average molecular weight is 483 g/mol. The highest BCUT2D eigenvalue weighted by Crippen LogP contribution is 2.55. The number of fused-ring (bicyclic) bond motifs is 2. The quantitative estimate of drug-likeness (QED) is 0.520. The van der Waals surface area contributed by atoms with Crippen LogP contribution in [0.4, 0.5) is 10.1 Å². The molecule has 5 nitrogen and oxygen atoms in total. The number of methoxy groups -OCH3 is 1. The van der Waals surface area contributed by atoms with E-state index in [0.29, 0.717) is 34.3 Å². The second-order valence-corrected chi connectivity index (χ2v) is 9.52. The molecule has 8 heteroatoms. The first-order chi connectivity index (χ1) is 16.0. The standard InChI is InChI=1S/C25H20ClFN2O3S/c1-32-19-9-10-22-20(14-19)25(24(31)28(22)15-17-5-2-3-8-21(17)26)29(11-12-33-25)23(30)16-6-4-7-18(27)13-16/h2-10,13-14H,11-12,15H2,1H3/t25-/m1/s1. The number of ether oxygens (including phenoxy) is 1. The number of halogens is 2. The van der Waals surface area contributed by atoms with Crippen molar-refractivity contribution in [1.29, 1.82) is 0 Å². The number of thioether (sulfide) groups is 1. The van der Waals surface area contributed by atoms with Gasteiger partial charge in [0.1, 0.15) is 11.6 Å². The van der Waals surface area contributed by atoms with Crippen molar-refractivity contribution in [1.82, 2.24) is 4.90 Å². The van der Waals surface area contributed by atoms with Crippen molar-refractivity contribution in [3.05, 3.63) is 94.3 Å². The third-order valence-corrected chi connectivity index (χ3v) is 7.79. The highest BCUT2D eigenvalue weighted by molar-refractivity contribution is 8.01. The van der Waals surface area contributed by atoms with Crippen LogP contribution in [0.15, 0.2) is 66.7 Å². The van der Waals surface area contributed by atoms with Crippen molar-refractivity contribution in [2.24, 2.45) is 0 Å². The molecule has 2 amide bonds. The zero-order valence-electron chi connectivity index (χ0n) is 17.8. The number of anilines is 1. The van der Waals surface area contributed by atoms with E-state index in [2.05, 4.69) is 0 Å². The summed E-state index contributed by atoms with van der Waals surface area (Å²) >= 11 is 7.79. The van der Waals surface area contributed by atoms with Gasteiger partial charge in [0, 0.05) is 28.4 Å². The van der Waals surface area contributed by atoms with E-state index in [1.54, 1.807) is 35.1 Å². The van der Waals surface area contributed by atoms with Crippen LogP contribution < -0.4 is 9.64 Å². The van der Waals surface area contributed by atoms with E-state index in [9.17, 15) is 14.0 Å². The minimum Gasteiger partial charge on any atom is -0.497 e. The number of hydrogen-bond acceptors (Lipinski definition) is 4. The number of rotatable bonds is 4. The van der Waals surface area contributed by atoms with Crippen LogP contribution in [0.1, 0.15) is 21.5 Å². The Labute approximate surface area is 200 Å². The number of carbonyl (C=O) groups is 2. The van der Waals surface area contributed by atoms with Crippen LogP contribution in [0.5, 0.6) is 5.75 Å². The minimum atomic E-state index is -1.26. The molecule has 2 heterocycles. The zero-order valence-corrected chi connectivity index (χ0v) is 19.3. The zero-order chi connectivity index (χ0) is 23.2. The molecule has 168 valence electrons. The highest BCUT2D eigenvalue weighted by atomic mass is 35.5. The fourth-order valence-corrected chi connectivity index (χ4v) is 6.10. The van der Waals surface area contributed by atoms with Gasteiger partial charge in [-0.3, -0.25) is 9.59 Å². The fourth-order valence-electron chi connectivity index (χ4n) is 4.45. The minimum absolute atomic E-state index is 0.207. The molecule has 0 N–H and O–H groups in total. The second kappa shape index (κ2) is 8.39. The number of hydrogen-bond donors (Lipinski definition) is 0. The Hall–Kier alpha value is -3.03. The van der Waals surface area contributed by atoms with Gasteiger partial charge < -0.3 is 14.5 Å². The first kappa shape index (κ1) is 21.8. The lowest BCUT2D eigenvalue weighted by Gasteiger charge is -2.33. The second-order valence-electron chi connectivity index (χ2n) is 7.83. The summed E-state index contributed by atoms with van der Waals surface area (Å²) in [6, 6.07) is 18.4. The van der Waals surface area contributed by atoms with Gasteiger partial charge in [0.05, 0.1) is 19.3 Å². The Morgan fingerprint density at radius 2 is 1.97 bits per heavy atom. The Balaban J connectivity index is 1.63. The molecule has 3 aromatic carbocycles. The molecule has 1 fully saturated rings. The molecule has 0 aliphatic carbocycles. The summed E-state index contributed by atoms with van der Waals surface area (Å²) < 4.78 is 19.3. The van der Waals surface area contributed by atoms with E-state index >= 15 is 0 Å². The normalized spacial score (nSPS) is 19.3. The molecule has 1 saturated heterocycles. The smallest absolute Gasteiger partial charge is 0.268 e. The third-order valence-electron chi connectivity index (χ3n) is 6.00. The number of carbonyl (C=O) groups excluding carboxylic acids is 2. The predicted molar refractivity (Wildman–Crippen MR) is 127 cm³/mol. The molecule has 0 saturated carbocycles. The summed E-state index contributed by atoms with van der Waals surface area (Å²) in [5.41, 5.74) is 2.40. The molecule has 2 aliphatic heterocycles. The molecule has 1 spiro atoms. The number of nitrogens with zero attached hydrogens (tertiary/aromatic N) is 2. The lowest BCUT2D eigenvalue weighted by atomic mass is 10.0. The van der Waals surface area contributed by atoms with Crippen molar-refractivity contribution in [3.8, 4) is 5.75 Å². The van der Waals surface area contributed by atoms with Crippen LogP contribution in [0.2, 0.25) is 5.02 Å². The van der Waals surface area contributed by atoms with E-state index < -0.39 is 10.7 Å². The molecule has 0 radical (unpaired) electrons. The van der Waals surface area contributed by atoms with Gasteiger partial charge >= 0.3 is 0 Å². The third kappa shape index (κ3) is 3.47. The van der Waals surface area contributed by atoms with E-state index in [1.165, 1.54) is 30.0 Å². The first-order valence-electron chi connectivity index (χ1n) is 10.4. The van der Waals surface area contributed by atoms with Crippen molar-refractivity contribution in [2.45, 2.75) is 11.4 Å². The van der Waals surface area contributed by atoms with Crippen LogP contribution in [-0.4, -0.2) is 36.1 Å². The SMILES string of the molecule is COc1ccc2c(c1)[C@@]1(SCCN1C(=O)c1cccc(F)c1)C(=O)N2Cc1ccccc1Cl. The fraction of sp³-hybridized carbons (Fsp3) is 0.200. The summed E-state index contributed by atoms with van der Waals surface area (Å²) in [7, 11) is 1.56. The summed E-state index contributed by atoms with van der Waals surface area (Å²) in [6.45, 7) is 0.629. The highest BCUT2D eigenvalue weighted by Gasteiger charge is 2.59. The van der Waals surface area contributed by atoms with E-state index in [0.717, 1.165) is 5.56 Å². The molecule has 1 atom stereocenters. The molecule has 0 bridgehead atoms. The maximum absolute atomic E-state index is 14.1. The lowest BCUT2D eigenvalue weighted by Crippen LogP contribution is -2.50. The lowest BCUT2D eigenvalue weighted by molar-refractivity contribution is -0.123. The molecule has 3 aromatic rings. The van der Waals surface area contributed by atoms with Gasteiger partial charge in [-0.1, -0.05) is 35.9 Å². The van der Waals surface area contributed by atoms with Gasteiger partial charge in [-0.25, -0.2) is 4.39 Å². The maximum atomic E-state index is 14.1. The molecule has 0 aromatic heterocycles.